The number of aromatic carboxylic acids is 1. The van der Waals surface area contributed by atoms with E-state index in [0.717, 1.165) is 6.07 Å². The summed E-state index contributed by atoms with van der Waals surface area (Å²) < 4.78 is 65.0. The van der Waals surface area contributed by atoms with E-state index < -0.39 is 39.2 Å². The lowest BCUT2D eigenvalue weighted by atomic mass is 10.1. The third-order valence-electron chi connectivity index (χ3n) is 2.30. The number of carboxylic acids is 1. The van der Waals surface area contributed by atoms with Crippen LogP contribution in [0.25, 0.3) is 0 Å². The maximum atomic E-state index is 12.7. The molecular formula is C11H13F3N2O4S. The van der Waals surface area contributed by atoms with Gasteiger partial charge >= 0.3 is 12.1 Å². The van der Waals surface area contributed by atoms with Gasteiger partial charge in [-0.05, 0) is 24.6 Å². The predicted octanol–water partition coefficient (Wildman–Crippen LogP) is 2.06. The van der Waals surface area contributed by atoms with Crippen molar-refractivity contribution >= 4 is 21.9 Å². The smallest absolute Gasteiger partial charge is 0.416 e. The van der Waals surface area contributed by atoms with E-state index in [1.165, 1.54) is 0 Å². The summed E-state index contributed by atoms with van der Waals surface area (Å²) in [6.07, 6.45) is -4.30. The van der Waals surface area contributed by atoms with Crippen LogP contribution < -0.4 is 9.44 Å². The predicted molar refractivity (Wildman–Crippen MR) is 69.2 cm³/mol. The SMILES string of the molecule is CCCNS(=O)(=O)Nc1cc(C(=O)O)cc(C(F)(F)F)c1. The van der Waals surface area contributed by atoms with Crippen molar-refractivity contribution in [2.24, 2.45) is 0 Å². The highest BCUT2D eigenvalue weighted by molar-refractivity contribution is 7.90. The van der Waals surface area contributed by atoms with Crippen LogP contribution in [0.1, 0.15) is 29.3 Å². The van der Waals surface area contributed by atoms with E-state index in [2.05, 4.69) is 4.72 Å². The first-order chi connectivity index (χ1) is 9.55. The van der Waals surface area contributed by atoms with Crippen LogP contribution in [0.15, 0.2) is 18.2 Å². The molecule has 0 aliphatic heterocycles. The topological polar surface area (TPSA) is 95.5 Å². The zero-order chi connectivity index (χ0) is 16.3. The summed E-state index contributed by atoms with van der Waals surface area (Å²) in [6.45, 7) is 1.80. The minimum absolute atomic E-state index is 0.0973. The second-order valence-corrected chi connectivity index (χ2v) is 5.60. The van der Waals surface area contributed by atoms with Gasteiger partial charge in [-0.2, -0.15) is 26.3 Å². The molecule has 10 heteroatoms. The molecule has 1 rings (SSSR count). The molecule has 0 atom stereocenters. The average molecular weight is 326 g/mol. The highest BCUT2D eigenvalue weighted by Crippen LogP contribution is 2.32. The Kier molecular flexibility index (Phi) is 5.18. The molecule has 118 valence electrons. The number of hydrogen-bond acceptors (Lipinski definition) is 3. The zero-order valence-corrected chi connectivity index (χ0v) is 11.7. The number of rotatable bonds is 6. The molecule has 1 aromatic rings. The Morgan fingerprint density at radius 1 is 1.29 bits per heavy atom. The van der Waals surface area contributed by atoms with Crippen LogP contribution in [0, 0.1) is 0 Å². The lowest BCUT2D eigenvalue weighted by Crippen LogP contribution is -2.30. The van der Waals surface area contributed by atoms with Gasteiger partial charge in [-0.25, -0.2) is 4.79 Å². The number of alkyl halides is 3. The van der Waals surface area contributed by atoms with Gasteiger partial charge in [0.1, 0.15) is 0 Å². The molecule has 0 bridgehead atoms. The van der Waals surface area contributed by atoms with Crippen LogP contribution in [0.4, 0.5) is 18.9 Å². The number of halogens is 3. The van der Waals surface area contributed by atoms with Crippen LogP contribution >= 0.6 is 0 Å². The van der Waals surface area contributed by atoms with Crippen molar-refractivity contribution in [2.75, 3.05) is 11.3 Å². The Labute approximate surface area is 119 Å². The van der Waals surface area contributed by atoms with E-state index in [1.54, 1.807) is 6.92 Å². The van der Waals surface area contributed by atoms with Gasteiger partial charge in [0.15, 0.2) is 0 Å². The van der Waals surface area contributed by atoms with E-state index in [4.69, 9.17) is 5.11 Å². The summed E-state index contributed by atoms with van der Waals surface area (Å²) in [5.74, 6) is -1.59. The van der Waals surface area contributed by atoms with Crippen molar-refractivity contribution < 1.29 is 31.5 Å². The molecule has 0 aliphatic rings. The van der Waals surface area contributed by atoms with Gasteiger partial charge in [0.25, 0.3) is 10.2 Å². The Morgan fingerprint density at radius 3 is 2.38 bits per heavy atom. The minimum Gasteiger partial charge on any atom is -0.478 e. The highest BCUT2D eigenvalue weighted by Gasteiger charge is 2.32. The zero-order valence-electron chi connectivity index (χ0n) is 10.9. The number of carboxylic acid groups (broad SMARTS) is 1. The Bertz CT molecular complexity index is 629. The molecule has 0 amide bonds. The standard InChI is InChI=1S/C11H13F3N2O4S/c1-2-3-15-21(19,20)16-9-5-7(10(17)18)4-8(6-9)11(12,13)14/h4-6,15-16H,2-3H2,1H3,(H,17,18). The third-order valence-corrected chi connectivity index (χ3v) is 3.39. The summed E-state index contributed by atoms with van der Waals surface area (Å²) in [4.78, 5) is 10.8. The van der Waals surface area contributed by atoms with Crippen molar-refractivity contribution in [1.29, 1.82) is 0 Å². The molecule has 1 aromatic carbocycles. The summed E-state index contributed by atoms with van der Waals surface area (Å²) in [5, 5.41) is 8.78. The number of nitrogens with one attached hydrogen (secondary N) is 2. The van der Waals surface area contributed by atoms with Gasteiger partial charge in [-0.1, -0.05) is 6.92 Å². The van der Waals surface area contributed by atoms with Crippen molar-refractivity contribution in [3.63, 3.8) is 0 Å². The van der Waals surface area contributed by atoms with Gasteiger partial charge in [-0.3, -0.25) is 4.72 Å². The molecule has 3 N–H and O–H groups in total. The molecule has 0 spiro atoms. The molecule has 6 nitrogen and oxygen atoms in total. The molecule has 0 radical (unpaired) electrons. The Morgan fingerprint density at radius 2 is 1.90 bits per heavy atom. The minimum atomic E-state index is -4.79. The lowest BCUT2D eigenvalue weighted by Gasteiger charge is -2.13. The van der Waals surface area contributed by atoms with E-state index in [-0.39, 0.29) is 6.54 Å². The molecule has 0 aromatic heterocycles. The first-order valence-electron chi connectivity index (χ1n) is 5.78. The van der Waals surface area contributed by atoms with Crippen LogP contribution in [0.2, 0.25) is 0 Å². The van der Waals surface area contributed by atoms with Crippen molar-refractivity contribution in [3.8, 4) is 0 Å². The van der Waals surface area contributed by atoms with Crippen LogP contribution in [-0.2, 0) is 16.4 Å². The van der Waals surface area contributed by atoms with Crippen LogP contribution in [0.3, 0.4) is 0 Å². The van der Waals surface area contributed by atoms with Gasteiger partial charge in [0.05, 0.1) is 16.8 Å². The summed E-state index contributed by atoms with van der Waals surface area (Å²) in [5.41, 5.74) is -2.40. The molecule has 0 saturated heterocycles. The Hall–Kier alpha value is -1.81. The van der Waals surface area contributed by atoms with Crippen molar-refractivity contribution in [1.82, 2.24) is 4.72 Å². The van der Waals surface area contributed by atoms with Crippen LogP contribution in [0.5, 0.6) is 0 Å². The second kappa shape index (κ2) is 6.31. The Balaban J connectivity index is 3.18. The molecule has 21 heavy (non-hydrogen) atoms. The largest absolute Gasteiger partial charge is 0.478 e. The van der Waals surface area contributed by atoms with Crippen molar-refractivity contribution in [3.05, 3.63) is 29.3 Å². The first kappa shape index (κ1) is 17.2. The van der Waals surface area contributed by atoms with Crippen molar-refractivity contribution in [2.45, 2.75) is 19.5 Å². The molecule has 0 unspecified atom stereocenters. The first-order valence-corrected chi connectivity index (χ1v) is 7.26. The average Bonchev–Trinajstić information content (AvgIpc) is 2.34. The molecule has 0 aliphatic carbocycles. The fourth-order valence-corrected chi connectivity index (χ4v) is 2.37. The maximum Gasteiger partial charge on any atom is 0.416 e. The molecule has 0 heterocycles. The number of carbonyl (C=O) groups is 1. The number of benzene rings is 1. The lowest BCUT2D eigenvalue weighted by molar-refractivity contribution is -0.137. The van der Waals surface area contributed by atoms with Gasteiger partial charge in [0, 0.05) is 6.54 Å². The van der Waals surface area contributed by atoms with Gasteiger partial charge < -0.3 is 5.11 Å². The van der Waals surface area contributed by atoms with Crippen LogP contribution in [-0.4, -0.2) is 26.0 Å². The van der Waals surface area contributed by atoms with E-state index in [9.17, 15) is 26.4 Å². The van der Waals surface area contributed by atoms with Gasteiger partial charge in [-0.15, -0.1) is 0 Å². The second-order valence-electron chi connectivity index (χ2n) is 4.10. The fourth-order valence-electron chi connectivity index (χ4n) is 1.40. The molecule has 0 saturated carbocycles. The summed E-state index contributed by atoms with van der Waals surface area (Å²) >= 11 is 0. The molecule has 0 fully saturated rings. The summed E-state index contributed by atoms with van der Waals surface area (Å²) in [7, 11) is -4.06. The normalized spacial score (nSPS) is 12.2. The quantitative estimate of drug-likeness (QED) is 0.745. The van der Waals surface area contributed by atoms with E-state index in [0.29, 0.717) is 18.6 Å². The number of hydrogen-bond donors (Lipinski definition) is 3. The summed E-state index contributed by atoms with van der Waals surface area (Å²) in [6, 6.07) is 1.76. The monoisotopic (exact) mass is 326 g/mol. The molecular weight excluding hydrogens is 313 g/mol. The van der Waals surface area contributed by atoms with Gasteiger partial charge in [0.2, 0.25) is 0 Å². The maximum absolute atomic E-state index is 12.7. The highest BCUT2D eigenvalue weighted by atomic mass is 32.2. The fraction of sp³-hybridized carbons (Fsp3) is 0.364. The number of anilines is 1. The third kappa shape index (κ3) is 5.23. The van der Waals surface area contributed by atoms with E-state index >= 15 is 0 Å². The van der Waals surface area contributed by atoms with E-state index in [1.807, 2.05) is 4.72 Å².